The van der Waals surface area contributed by atoms with Crippen molar-refractivity contribution in [1.29, 1.82) is 5.26 Å². The normalized spacial score (nSPS) is 16.7. The molecule has 0 spiro atoms. The minimum Gasteiger partial charge on any atom is -0.396 e. The van der Waals surface area contributed by atoms with Gasteiger partial charge in [0.25, 0.3) is 0 Å². The summed E-state index contributed by atoms with van der Waals surface area (Å²) in [5.74, 6) is 0.499. The lowest BCUT2D eigenvalue weighted by atomic mass is 9.89. The third kappa shape index (κ3) is 5.15. The van der Waals surface area contributed by atoms with Gasteiger partial charge in [0.15, 0.2) is 5.60 Å². The molecular formula is C12H23NO2. The van der Waals surface area contributed by atoms with Gasteiger partial charge < -0.3 is 9.84 Å². The Balaban J connectivity index is 4.25. The maximum atomic E-state index is 9.18. The number of nitriles is 1. The quantitative estimate of drug-likeness (QED) is 0.630. The molecule has 0 aliphatic carbocycles. The summed E-state index contributed by atoms with van der Waals surface area (Å²) in [5, 5.41) is 17.9. The highest BCUT2D eigenvalue weighted by Gasteiger charge is 2.30. The lowest BCUT2D eigenvalue weighted by Gasteiger charge is -2.28. The van der Waals surface area contributed by atoms with E-state index in [2.05, 4.69) is 19.9 Å². The van der Waals surface area contributed by atoms with E-state index in [1.807, 2.05) is 6.92 Å². The zero-order valence-corrected chi connectivity index (χ0v) is 10.1. The van der Waals surface area contributed by atoms with Crippen LogP contribution in [0.5, 0.6) is 0 Å². The second kappa shape index (κ2) is 7.67. The molecule has 0 aliphatic rings. The Morgan fingerprint density at radius 1 is 1.47 bits per heavy atom. The lowest BCUT2D eigenvalue weighted by Crippen LogP contribution is -2.32. The Morgan fingerprint density at radius 3 is 2.53 bits per heavy atom. The largest absolute Gasteiger partial charge is 0.396 e. The monoisotopic (exact) mass is 213 g/mol. The molecule has 0 aromatic rings. The molecule has 0 aliphatic heterocycles. The fourth-order valence-electron chi connectivity index (χ4n) is 1.50. The van der Waals surface area contributed by atoms with E-state index < -0.39 is 5.60 Å². The lowest BCUT2D eigenvalue weighted by molar-refractivity contribution is -0.0258. The van der Waals surface area contributed by atoms with Gasteiger partial charge in [-0.25, -0.2) is 0 Å². The second-order valence-corrected chi connectivity index (χ2v) is 4.10. The van der Waals surface area contributed by atoms with E-state index in [0.29, 0.717) is 25.4 Å². The van der Waals surface area contributed by atoms with Crippen LogP contribution in [0.3, 0.4) is 0 Å². The van der Waals surface area contributed by atoms with Crippen LogP contribution in [0.1, 0.15) is 46.5 Å². The van der Waals surface area contributed by atoms with Gasteiger partial charge in [0.05, 0.1) is 12.7 Å². The third-order valence-corrected chi connectivity index (χ3v) is 2.83. The first kappa shape index (κ1) is 14.4. The van der Waals surface area contributed by atoms with Gasteiger partial charge in [-0.3, -0.25) is 0 Å². The van der Waals surface area contributed by atoms with Gasteiger partial charge >= 0.3 is 0 Å². The molecule has 3 nitrogen and oxygen atoms in total. The Labute approximate surface area is 93.1 Å². The Bertz CT molecular complexity index is 200. The van der Waals surface area contributed by atoms with Crippen molar-refractivity contribution < 1.29 is 9.84 Å². The summed E-state index contributed by atoms with van der Waals surface area (Å²) in [6, 6.07) is 2.29. The number of nitrogens with zero attached hydrogens (tertiary/aromatic N) is 1. The van der Waals surface area contributed by atoms with Crippen LogP contribution in [0.25, 0.3) is 0 Å². The molecule has 0 fully saturated rings. The molecule has 0 heterocycles. The summed E-state index contributed by atoms with van der Waals surface area (Å²) in [5.41, 5.74) is -0.648. The molecular weight excluding hydrogens is 190 g/mol. The van der Waals surface area contributed by atoms with Gasteiger partial charge in [-0.1, -0.05) is 27.2 Å². The van der Waals surface area contributed by atoms with Crippen molar-refractivity contribution >= 4 is 0 Å². The minimum atomic E-state index is -0.648. The first-order chi connectivity index (χ1) is 7.14. The number of hydrogen-bond donors (Lipinski definition) is 1. The van der Waals surface area contributed by atoms with Crippen LogP contribution in [-0.4, -0.2) is 23.9 Å². The molecule has 3 heteroatoms. The van der Waals surface area contributed by atoms with Crippen molar-refractivity contribution in [2.45, 2.75) is 52.1 Å². The maximum absolute atomic E-state index is 9.18. The van der Waals surface area contributed by atoms with Gasteiger partial charge in [0.2, 0.25) is 0 Å². The van der Waals surface area contributed by atoms with Gasteiger partial charge in [-0.2, -0.15) is 5.26 Å². The summed E-state index contributed by atoms with van der Waals surface area (Å²) >= 11 is 0. The number of hydrogen-bond acceptors (Lipinski definition) is 3. The Kier molecular flexibility index (Phi) is 7.37. The zero-order chi connectivity index (χ0) is 11.7. The molecule has 0 radical (unpaired) electrons. The minimum absolute atomic E-state index is 0.120. The van der Waals surface area contributed by atoms with Crippen LogP contribution >= 0.6 is 0 Å². The van der Waals surface area contributed by atoms with Crippen molar-refractivity contribution in [1.82, 2.24) is 0 Å². The van der Waals surface area contributed by atoms with Crippen LogP contribution in [0.15, 0.2) is 0 Å². The first-order valence-electron chi connectivity index (χ1n) is 5.80. The number of aliphatic hydroxyl groups is 1. The zero-order valence-electron chi connectivity index (χ0n) is 10.1. The van der Waals surface area contributed by atoms with Crippen LogP contribution in [0.2, 0.25) is 0 Å². The van der Waals surface area contributed by atoms with E-state index in [9.17, 15) is 5.26 Å². The Morgan fingerprint density at radius 2 is 2.13 bits per heavy atom. The fraction of sp³-hybridized carbons (Fsp3) is 0.917. The highest BCUT2D eigenvalue weighted by Crippen LogP contribution is 2.26. The average molecular weight is 213 g/mol. The summed E-state index contributed by atoms with van der Waals surface area (Å²) in [4.78, 5) is 0. The van der Waals surface area contributed by atoms with Gasteiger partial charge in [0, 0.05) is 6.61 Å². The SMILES string of the molecule is CCC(C)CC(C#N)(CC)OCCCO. The smallest absolute Gasteiger partial charge is 0.154 e. The molecule has 0 aromatic carbocycles. The third-order valence-electron chi connectivity index (χ3n) is 2.83. The summed E-state index contributed by atoms with van der Waals surface area (Å²) in [6.45, 7) is 6.82. The van der Waals surface area contributed by atoms with Crippen molar-refractivity contribution in [2.75, 3.05) is 13.2 Å². The van der Waals surface area contributed by atoms with Crippen LogP contribution in [0, 0.1) is 17.2 Å². The predicted molar refractivity (Wildman–Crippen MR) is 60.4 cm³/mol. The molecule has 88 valence electrons. The van der Waals surface area contributed by atoms with E-state index in [1.54, 1.807) is 0 Å². The number of ether oxygens (including phenoxy) is 1. The summed E-state index contributed by atoms with van der Waals surface area (Å²) in [7, 11) is 0. The standard InChI is InChI=1S/C12H23NO2/c1-4-11(3)9-12(5-2,10-13)15-8-6-7-14/h11,14H,4-9H2,1-3H3. The molecule has 0 aromatic heterocycles. The molecule has 2 atom stereocenters. The van der Waals surface area contributed by atoms with E-state index in [1.165, 1.54) is 0 Å². The molecule has 0 rings (SSSR count). The van der Waals surface area contributed by atoms with Crippen molar-refractivity contribution in [3.63, 3.8) is 0 Å². The second-order valence-electron chi connectivity index (χ2n) is 4.10. The molecule has 0 bridgehead atoms. The molecule has 2 unspecified atom stereocenters. The van der Waals surface area contributed by atoms with Gasteiger partial charge in [-0.05, 0) is 25.2 Å². The predicted octanol–water partition coefficient (Wildman–Crippen LogP) is 2.49. The van der Waals surface area contributed by atoms with Gasteiger partial charge in [0.1, 0.15) is 0 Å². The number of rotatable bonds is 8. The highest BCUT2D eigenvalue weighted by atomic mass is 16.5. The molecule has 0 saturated heterocycles. The molecule has 0 saturated carbocycles. The Hall–Kier alpha value is -0.590. The van der Waals surface area contributed by atoms with Crippen molar-refractivity contribution in [2.24, 2.45) is 5.92 Å². The van der Waals surface area contributed by atoms with E-state index in [4.69, 9.17) is 9.84 Å². The van der Waals surface area contributed by atoms with Crippen LogP contribution < -0.4 is 0 Å². The van der Waals surface area contributed by atoms with Crippen LogP contribution in [0.4, 0.5) is 0 Å². The maximum Gasteiger partial charge on any atom is 0.154 e. The molecule has 0 amide bonds. The summed E-state index contributed by atoms with van der Waals surface area (Å²) < 4.78 is 5.62. The van der Waals surface area contributed by atoms with Crippen LogP contribution in [-0.2, 0) is 4.74 Å². The first-order valence-corrected chi connectivity index (χ1v) is 5.80. The highest BCUT2D eigenvalue weighted by molar-refractivity contribution is 5.01. The van der Waals surface area contributed by atoms with Gasteiger partial charge in [-0.15, -0.1) is 0 Å². The fourth-order valence-corrected chi connectivity index (χ4v) is 1.50. The van der Waals surface area contributed by atoms with E-state index in [0.717, 1.165) is 12.8 Å². The van der Waals surface area contributed by atoms with Crippen molar-refractivity contribution in [3.8, 4) is 6.07 Å². The topological polar surface area (TPSA) is 53.2 Å². The summed E-state index contributed by atoms with van der Waals surface area (Å²) in [6.07, 6.45) is 3.15. The molecule has 1 N–H and O–H groups in total. The van der Waals surface area contributed by atoms with Crippen molar-refractivity contribution in [3.05, 3.63) is 0 Å². The molecule has 15 heavy (non-hydrogen) atoms. The van der Waals surface area contributed by atoms with E-state index in [-0.39, 0.29) is 6.61 Å². The average Bonchev–Trinajstić information content (AvgIpc) is 2.27. The van der Waals surface area contributed by atoms with E-state index >= 15 is 0 Å². The number of aliphatic hydroxyl groups excluding tert-OH is 1.